The van der Waals surface area contributed by atoms with Gasteiger partial charge in [0.25, 0.3) is 0 Å². The summed E-state index contributed by atoms with van der Waals surface area (Å²) in [5.41, 5.74) is 2.34. The molecule has 0 aliphatic heterocycles. The van der Waals surface area contributed by atoms with Crippen LogP contribution in [0.1, 0.15) is 5.56 Å². The first-order valence-electron chi connectivity index (χ1n) is 6.46. The van der Waals surface area contributed by atoms with Crippen LogP contribution in [0.25, 0.3) is 0 Å². The van der Waals surface area contributed by atoms with E-state index in [4.69, 9.17) is 9.47 Å². The van der Waals surface area contributed by atoms with E-state index in [0.717, 1.165) is 28.2 Å². The molecule has 0 heterocycles. The Morgan fingerprint density at radius 1 is 1.15 bits per heavy atom. The van der Waals surface area contributed by atoms with Crippen LogP contribution in [-0.2, 0) is 0 Å². The van der Waals surface area contributed by atoms with Crippen molar-refractivity contribution in [2.45, 2.75) is 6.92 Å². The van der Waals surface area contributed by atoms with Gasteiger partial charge < -0.3 is 14.8 Å². The molecular weight excluding hydrogens is 318 g/mol. The smallest absolute Gasteiger partial charge is 0.175 e. The number of methoxy groups -OCH3 is 1. The second kappa shape index (κ2) is 7.20. The van der Waals surface area contributed by atoms with Crippen molar-refractivity contribution in [1.29, 1.82) is 0 Å². The third-order valence-electron chi connectivity index (χ3n) is 2.85. The lowest BCUT2D eigenvalue weighted by Gasteiger charge is -2.13. The fraction of sp³-hybridized carbons (Fsp3) is 0.250. The summed E-state index contributed by atoms with van der Waals surface area (Å²) in [7, 11) is 1.64. The van der Waals surface area contributed by atoms with Crippen LogP contribution in [0.4, 0.5) is 5.69 Å². The first-order valence-corrected chi connectivity index (χ1v) is 7.26. The summed E-state index contributed by atoms with van der Waals surface area (Å²) in [4.78, 5) is 0. The molecule has 2 rings (SSSR count). The Bertz CT molecular complexity index is 572. The van der Waals surface area contributed by atoms with Crippen LogP contribution in [0.2, 0.25) is 0 Å². The molecule has 0 aliphatic rings. The van der Waals surface area contributed by atoms with Gasteiger partial charge in [-0.05, 0) is 52.7 Å². The molecule has 0 aromatic heterocycles. The number of aryl methyl sites for hydroxylation is 1. The molecule has 0 saturated carbocycles. The van der Waals surface area contributed by atoms with Gasteiger partial charge in [-0.1, -0.05) is 18.2 Å². The van der Waals surface area contributed by atoms with E-state index in [9.17, 15) is 0 Å². The molecule has 0 fully saturated rings. The summed E-state index contributed by atoms with van der Waals surface area (Å²) in [6, 6.07) is 14.0. The molecule has 0 bridgehead atoms. The predicted octanol–water partition coefficient (Wildman–Crippen LogP) is 4.26. The minimum absolute atomic E-state index is 0.562. The SMILES string of the molecule is COc1cccc(Br)c1OCCNc1cccc(C)c1. The molecule has 0 spiro atoms. The molecule has 0 aliphatic carbocycles. The molecule has 0 radical (unpaired) electrons. The zero-order valence-corrected chi connectivity index (χ0v) is 13.2. The normalized spacial score (nSPS) is 10.2. The molecular formula is C16H18BrNO2. The second-order valence-electron chi connectivity index (χ2n) is 4.42. The van der Waals surface area contributed by atoms with Gasteiger partial charge in [0.2, 0.25) is 0 Å². The van der Waals surface area contributed by atoms with Gasteiger partial charge in [0.15, 0.2) is 11.5 Å². The number of halogens is 1. The van der Waals surface area contributed by atoms with E-state index in [1.54, 1.807) is 7.11 Å². The highest BCUT2D eigenvalue weighted by Crippen LogP contribution is 2.34. The van der Waals surface area contributed by atoms with E-state index in [1.807, 2.05) is 30.3 Å². The lowest BCUT2D eigenvalue weighted by atomic mass is 10.2. The highest BCUT2D eigenvalue weighted by atomic mass is 79.9. The fourth-order valence-electron chi connectivity index (χ4n) is 1.89. The zero-order valence-electron chi connectivity index (χ0n) is 11.7. The highest BCUT2D eigenvalue weighted by molar-refractivity contribution is 9.10. The van der Waals surface area contributed by atoms with Crippen LogP contribution in [0, 0.1) is 6.92 Å². The number of hydrogen-bond acceptors (Lipinski definition) is 3. The Hall–Kier alpha value is -1.68. The average Bonchev–Trinajstić information content (AvgIpc) is 2.45. The van der Waals surface area contributed by atoms with Crippen LogP contribution in [0.5, 0.6) is 11.5 Å². The first-order chi connectivity index (χ1) is 9.70. The highest BCUT2D eigenvalue weighted by Gasteiger charge is 2.07. The van der Waals surface area contributed by atoms with Crippen LogP contribution >= 0.6 is 15.9 Å². The number of anilines is 1. The minimum Gasteiger partial charge on any atom is -0.493 e. The summed E-state index contributed by atoms with van der Waals surface area (Å²) in [5.74, 6) is 1.47. The van der Waals surface area contributed by atoms with Crippen molar-refractivity contribution in [2.24, 2.45) is 0 Å². The molecule has 2 aromatic rings. The summed E-state index contributed by atoms with van der Waals surface area (Å²) in [5, 5.41) is 3.33. The molecule has 0 unspecified atom stereocenters. The van der Waals surface area contributed by atoms with Gasteiger partial charge in [-0.2, -0.15) is 0 Å². The van der Waals surface area contributed by atoms with Crippen molar-refractivity contribution >= 4 is 21.6 Å². The Morgan fingerprint density at radius 3 is 2.70 bits per heavy atom. The quantitative estimate of drug-likeness (QED) is 0.800. The molecule has 2 aromatic carbocycles. The largest absolute Gasteiger partial charge is 0.493 e. The molecule has 0 saturated heterocycles. The van der Waals surface area contributed by atoms with Gasteiger partial charge in [-0.25, -0.2) is 0 Å². The van der Waals surface area contributed by atoms with Gasteiger partial charge in [0, 0.05) is 12.2 Å². The standard InChI is InChI=1S/C16H18BrNO2/c1-12-5-3-6-13(11-12)18-9-10-20-16-14(17)7-4-8-15(16)19-2/h3-8,11,18H,9-10H2,1-2H3. The molecule has 3 nitrogen and oxygen atoms in total. The zero-order chi connectivity index (χ0) is 14.4. The lowest BCUT2D eigenvalue weighted by molar-refractivity contribution is 0.304. The molecule has 4 heteroatoms. The maximum absolute atomic E-state index is 5.78. The third-order valence-corrected chi connectivity index (χ3v) is 3.47. The molecule has 0 atom stereocenters. The van der Waals surface area contributed by atoms with Gasteiger partial charge in [0.05, 0.1) is 11.6 Å². The van der Waals surface area contributed by atoms with Crippen molar-refractivity contribution in [1.82, 2.24) is 0 Å². The number of nitrogens with one attached hydrogen (secondary N) is 1. The minimum atomic E-state index is 0.562. The maximum Gasteiger partial charge on any atom is 0.175 e. The maximum atomic E-state index is 5.78. The van der Waals surface area contributed by atoms with Gasteiger partial charge in [-0.15, -0.1) is 0 Å². The Kier molecular flexibility index (Phi) is 5.30. The molecule has 20 heavy (non-hydrogen) atoms. The van der Waals surface area contributed by atoms with Crippen molar-refractivity contribution < 1.29 is 9.47 Å². The topological polar surface area (TPSA) is 30.5 Å². The average molecular weight is 336 g/mol. The lowest BCUT2D eigenvalue weighted by Crippen LogP contribution is -2.12. The molecule has 1 N–H and O–H groups in total. The van der Waals surface area contributed by atoms with Crippen LogP contribution in [0.15, 0.2) is 46.9 Å². The van der Waals surface area contributed by atoms with Crippen LogP contribution in [-0.4, -0.2) is 20.3 Å². The molecule has 106 valence electrons. The number of hydrogen-bond donors (Lipinski definition) is 1. The fourth-order valence-corrected chi connectivity index (χ4v) is 2.36. The van der Waals surface area contributed by atoms with Gasteiger partial charge >= 0.3 is 0 Å². The van der Waals surface area contributed by atoms with Gasteiger partial charge in [0.1, 0.15) is 6.61 Å². The van der Waals surface area contributed by atoms with E-state index in [-0.39, 0.29) is 0 Å². The van der Waals surface area contributed by atoms with Crippen molar-refractivity contribution in [3.8, 4) is 11.5 Å². The summed E-state index contributed by atoms with van der Waals surface area (Å²) >= 11 is 3.47. The Balaban J connectivity index is 1.87. The van der Waals surface area contributed by atoms with E-state index in [1.165, 1.54) is 5.56 Å². The number of para-hydroxylation sites is 1. The van der Waals surface area contributed by atoms with E-state index in [2.05, 4.69) is 40.3 Å². The Morgan fingerprint density at radius 2 is 1.95 bits per heavy atom. The molecule has 0 amide bonds. The number of ether oxygens (including phenoxy) is 2. The van der Waals surface area contributed by atoms with Crippen LogP contribution in [0.3, 0.4) is 0 Å². The summed E-state index contributed by atoms with van der Waals surface area (Å²) in [6.45, 7) is 3.37. The van der Waals surface area contributed by atoms with Crippen LogP contribution < -0.4 is 14.8 Å². The van der Waals surface area contributed by atoms with Crippen molar-refractivity contribution in [3.05, 3.63) is 52.5 Å². The predicted molar refractivity (Wildman–Crippen MR) is 85.9 cm³/mol. The van der Waals surface area contributed by atoms with Crippen molar-refractivity contribution in [3.63, 3.8) is 0 Å². The first kappa shape index (κ1) is 14.7. The monoisotopic (exact) mass is 335 g/mol. The van der Waals surface area contributed by atoms with E-state index >= 15 is 0 Å². The van der Waals surface area contributed by atoms with Crippen molar-refractivity contribution in [2.75, 3.05) is 25.6 Å². The number of benzene rings is 2. The Labute approximate surface area is 128 Å². The van der Waals surface area contributed by atoms with Gasteiger partial charge in [-0.3, -0.25) is 0 Å². The van der Waals surface area contributed by atoms with E-state index < -0.39 is 0 Å². The summed E-state index contributed by atoms with van der Waals surface area (Å²) in [6.07, 6.45) is 0. The number of rotatable bonds is 6. The third kappa shape index (κ3) is 3.90. The second-order valence-corrected chi connectivity index (χ2v) is 5.27. The summed E-state index contributed by atoms with van der Waals surface area (Å²) < 4.78 is 12.0. The van der Waals surface area contributed by atoms with E-state index in [0.29, 0.717) is 6.61 Å².